The van der Waals surface area contributed by atoms with Crippen molar-refractivity contribution >= 4 is 5.91 Å². The third kappa shape index (κ3) is 8.12. The highest BCUT2D eigenvalue weighted by molar-refractivity contribution is 5.80. The Bertz CT molecular complexity index is 208. The summed E-state index contributed by atoms with van der Waals surface area (Å²) in [4.78, 5) is 11.3. The summed E-state index contributed by atoms with van der Waals surface area (Å²) in [5.74, 6) is 0.527. The van der Waals surface area contributed by atoms with Crippen LogP contribution in [0.15, 0.2) is 0 Å². The van der Waals surface area contributed by atoms with Crippen LogP contribution < -0.4 is 10.6 Å². The van der Waals surface area contributed by atoms with Crippen LogP contribution in [0.25, 0.3) is 0 Å². The fourth-order valence-corrected chi connectivity index (χ4v) is 1.43. The molecular weight excluding hydrogens is 220 g/mol. The Balaban J connectivity index is 1.70. The number of hydrogen-bond acceptors (Lipinski definition) is 4. The smallest absolute Gasteiger partial charge is 0.223 e. The summed E-state index contributed by atoms with van der Waals surface area (Å²) in [5, 5.41) is 6.18. The Morgan fingerprint density at radius 3 is 2.71 bits per heavy atom. The van der Waals surface area contributed by atoms with Gasteiger partial charge in [0.1, 0.15) is 0 Å². The van der Waals surface area contributed by atoms with Crippen LogP contribution in [0.2, 0.25) is 0 Å². The third-order valence-electron chi connectivity index (χ3n) is 2.62. The van der Waals surface area contributed by atoms with Crippen LogP contribution in [0, 0.1) is 5.92 Å². The number of carbonyl (C=O) groups is 1. The predicted octanol–water partition coefficient (Wildman–Crippen LogP) is 0.155. The summed E-state index contributed by atoms with van der Waals surface area (Å²) >= 11 is 0. The molecule has 5 heteroatoms. The van der Waals surface area contributed by atoms with Crippen molar-refractivity contribution in [1.82, 2.24) is 10.6 Å². The number of ether oxygens (including phenoxy) is 2. The van der Waals surface area contributed by atoms with Crippen molar-refractivity contribution in [3.8, 4) is 0 Å². The molecule has 1 fully saturated rings. The van der Waals surface area contributed by atoms with Crippen LogP contribution in [0.5, 0.6) is 0 Å². The van der Waals surface area contributed by atoms with E-state index >= 15 is 0 Å². The molecule has 0 aliphatic heterocycles. The molecule has 0 bridgehead atoms. The van der Waals surface area contributed by atoms with Crippen LogP contribution >= 0.6 is 0 Å². The summed E-state index contributed by atoms with van der Waals surface area (Å²) < 4.78 is 10.2. The molecule has 1 amide bonds. The minimum Gasteiger partial charge on any atom is -0.382 e. The van der Waals surface area contributed by atoms with Gasteiger partial charge in [-0.3, -0.25) is 4.79 Å². The molecule has 0 heterocycles. The van der Waals surface area contributed by atoms with Crippen LogP contribution in [0.1, 0.15) is 19.3 Å². The van der Waals surface area contributed by atoms with E-state index in [9.17, 15) is 4.79 Å². The van der Waals surface area contributed by atoms with Gasteiger partial charge in [-0.15, -0.1) is 0 Å². The molecule has 0 aromatic carbocycles. The molecule has 0 saturated heterocycles. The fourth-order valence-electron chi connectivity index (χ4n) is 1.43. The van der Waals surface area contributed by atoms with Crippen molar-refractivity contribution in [3.05, 3.63) is 0 Å². The molecular formula is C12H24N2O3. The van der Waals surface area contributed by atoms with Crippen molar-refractivity contribution in [2.75, 3.05) is 46.6 Å². The zero-order valence-corrected chi connectivity index (χ0v) is 10.7. The molecule has 1 aliphatic rings. The summed E-state index contributed by atoms with van der Waals surface area (Å²) in [7, 11) is 1.67. The van der Waals surface area contributed by atoms with Gasteiger partial charge in [0.2, 0.25) is 5.91 Å². The molecule has 1 rings (SSSR count). The minimum atomic E-state index is 0.217. The Morgan fingerprint density at radius 2 is 2.00 bits per heavy atom. The van der Waals surface area contributed by atoms with Gasteiger partial charge < -0.3 is 20.1 Å². The maximum atomic E-state index is 11.3. The van der Waals surface area contributed by atoms with Crippen molar-refractivity contribution in [2.45, 2.75) is 19.3 Å². The topological polar surface area (TPSA) is 59.6 Å². The fraction of sp³-hybridized carbons (Fsp3) is 0.917. The largest absolute Gasteiger partial charge is 0.382 e. The normalized spacial score (nSPS) is 14.9. The number of amides is 1. The van der Waals surface area contributed by atoms with E-state index in [1.165, 1.54) is 0 Å². The average Bonchev–Trinajstić information content (AvgIpc) is 3.15. The zero-order valence-electron chi connectivity index (χ0n) is 10.7. The lowest BCUT2D eigenvalue weighted by Crippen LogP contribution is -2.33. The molecule has 0 unspecified atom stereocenters. The number of hydrogen-bond donors (Lipinski definition) is 2. The molecule has 1 aliphatic carbocycles. The molecule has 0 radical (unpaired) electrons. The van der Waals surface area contributed by atoms with E-state index in [0.29, 0.717) is 19.1 Å². The van der Waals surface area contributed by atoms with E-state index in [-0.39, 0.29) is 5.91 Å². The van der Waals surface area contributed by atoms with E-state index < -0.39 is 0 Å². The molecule has 1 saturated carbocycles. The standard InChI is InChI=1S/C12H24N2O3/c1-16-9-10-17-8-2-5-13-6-7-14-12(15)11-3-4-11/h11,13H,2-10H2,1H3,(H,14,15). The van der Waals surface area contributed by atoms with E-state index in [0.717, 1.165) is 45.5 Å². The first-order valence-corrected chi connectivity index (χ1v) is 6.39. The third-order valence-corrected chi connectivity index (χ3v) is 2.62. The highest BCUT2D eigenvalue weighted by Crippen LogP contribution is 2.28. The molecule has 5 nitrogen and oxygen atoms in total. The quantitative estimate of drug-likeness (QED) is 0.508. The molecule has 100 valence electrons. The Hall–Kier alpha value is -0.650. The van der Waals surface area contributed by atoms with Crippen LogP contribution in [0.4, 0.5) is 0 Å². The van der Waals surface area contributed by atoms with E-state index in [4.69, 9.17) is 9.47 Å². The first-order valence-electron chi connectivity index (χ1n) is 6.39. The highest BCUT2D eigenvalue weighted by Gasteiger charge is 2.28. The van der Waals surface area contributed by atoms with Gasteiger partial charge in [0.25, 0.3) is 0 Å². The van der Waals surface area contributed by atoms with Gasteiger partial charge in [-0.2, -0.15) is 0 Å². The summed E-state index contributed by atoms with van der Waals surface area (Å²) in [6.45, 7) is 4.54. The number of methoxy groups -OCH3 is 1. The number of carbonyl (C=O) groups excluding carboxylic acids is 1. The SMILES string of the molecule is COCCOCCCNCCNC(=O)C1CC1. The van der Waals surface area contributed by atoms with E-state index in [2.05, 4.69) is 10.6 Å². The van der Waals surface area contributed by atoms with Crippen molar-refractivity contribution < 1.29 is 14.3 Å². The van der Waals surface area contributed by atoms with Gasteiger partial charge in [0.05, 0.1) is 13.2 Å². The molecule has 0 aromatic heterocycles. The monoisotopic (exact) mass is 244 g/mol. The molecule has 17 heavy (non-hydrogen) atoms. The van der Waals surface area contributed by atoms with Crippen LogP contribution in [-0.2, 0) is 14.3 Å². The average molecular weight is 244 g/mol. The first kappa shape index (κ1) is 14.4. The van der Waals surface area contributed by atoms with Gasteiger partial charge in [-0.25, -0.2) is 0 Å². The van der Waals surface area contributed by atoms with Crippen LogP contribution in [-0.4, -0.2) is 52.5 Å². The summed E-state index contributed by atoms with van der Waals surface area (Å²) in [5.41, 5.74) is 0. The Morgan fingerprint density at radius 1 is 1.18 bits per heavy atom. The summed E-state index contributed by atoms with van der Waals surface area (Å²) in [6.07, 6.45) is 3.12. The lowest BCUT2D eigenvalue weighted by atomic mass is 10.4. The number of rotatable bonds is 11. The predicted molar refractivity (Wildman–Crippen MR) is 65.9 cm³/mol. The zero-order chi connectivity index (χ0) is 12.3. The van der Waals surface area contributed by atoms with E-state index in [1.54, 1.807) is 7.11 Å². The van der Waals surface area contributed by atoms with Crippen LogP contribution in [0.3, 0.4) is 0 Å². The minimum absolute atomic E-state index is 0.217. The molecule has 0 spiro atoms. The molecule has 0 aromatic rings. The van der Waals surface area contributed by atoms with Gasteiger partial charge >= 0.3 is 0 Å². The number of nitrogens with one attached hydrogen (secondary N) is 2. The molecule has 2 N–H and O–H groups in total. The van der Waals surface area contributed by atoms with Crippen molar-refractivity contribution in [3.63, 3.8) is 0 Å². The second kappa shape index (κ2) is 9.39. The lowest BCUT2D eigenvalue weighted by Gasteiger charge is -2.06. The van der Waals surface area contributed by atoms with Crippen molar-refractivity contribution in [1.29, 1.82) is 0 Å². The Kier molecular flexibility index (Phi) is 7.96. The highest BCUT2D eigenvalue weighted by atomic mass is 16.5. The van der Waals surface area contributed by atoms with Gasteiger partial charge in [-0.1, -0.05) is 0 Å². The van der Waals surface area contributed by atoms with Gasteiger partial charge in [-0.05, 0) is 25.8 Å². The summed E-state index contributed by atoms with van der Waals surface area (Å²) in [6, 6.07) is 0. The Labute approximate surface area is 103 Å². The second-order valence-electron chi connectivity index (χ2n) is 4.27. The maximum Gasteiger partial charge on any atom is 0.223 e. The van der Waals surface area contributed by atoms with Gasteiger partial charge in [0, 0.05) is 32.7 Å². The van der Waals surface area contributed by atoms with Gasteiger partial charge in [0.15, 0.2) is 0 Å². The van der Waals surface area contributed by atoms with E-state index in [1.807, 2.05) is 0 Å². The molecule has 0 atom stereocenters. The maximum absolute atomic E-state index is 11.3. The lowest BCUT2D eigenvalue weighted by molar-refractivity contribution is -0.122. The van der Waals surface area contributed by atoms with Crippen molar-refractivity contribution in [2.24, 2.45) is 5.92 Å². The second-order valence-corrected chi connectivity index (χ2v) is 4.27. The first-order chi connectivity index (χ1) is 8.34.